The minimum atomic E-state index is -0.579. The van der Waals surface area contributed by atoms with Gasteiger partial charge in [-0.15, -0.1) is 0 Å². The zero-order valence-electron chi connectivity index (χ0n) is 19.9. The first-order chi connectivity index (χ1) is 16.6. The van der Waals surface area contributed by atoms with E-state index in [0.29, 0.717) is 47.0 Å². The number of amides is 2. The molecule has 0 aliphatic carbocycles. The van der Waals surface area contributed by atoms with E-state index < -0.39 is 5.60 Å². The Balaban J connectivity index is 1.61. The monoisotopic (exact) mass is 493 g/mol. The molecule has 0 radical (unpaired) electrons. The van der Waals surface area contributed by atoms with Crippen molar-refractivity contribution in [3.8, 4) is 22.5 Å². The highest BCUT2D eigenvalue weighted by atomic mass is 35.5. The zero-order chi connectivity index (χ0) is 25.2. The second kappa shape index (κ2) is 9.92. The van der Waals surface area contributed by atoms with E-state index in [1.165, 1.54) is 0 Å². The average molecular weight is 494 g/mol. The van der Waals surface area contributed by atoms with Crippen molar-refractivity contribution in [1.29, 1.82) is 0 Å². The molecule has 4 rings (SSSR count). The summed E-state index contributed by atoms with van der Waals surface area (Å²) in [6.07, 6.45) is 3.55. The number of carbonyl (C=O) groups is 2. The van der Waals surface area contributed by atoms with Gasteiger partial charge in [0.05, 0.1) is 22.6 Å². The van der Waals surface area contributed by atoms with E-state index >= 15 is 0 Å². The standard InChI is InChI=1S/C26H28ClN5O3/c1-26(2,3)35-25(34)32-12-10-19(15-32)30-24(33)20-13-21(16-6-8-18(27)9-7-16)31-23(22(20)28)17-5-4-11-29-14-17/h4-9,11,13-14,19H,10,12,15,28H2,1-3H3,(H,30,33). The number of nitrogen functional groups attached to an aromatic ring is 1. The Labute approximate surface area is 209 Å². The van der Waals surface area contributed by atoms with E-state index in [1.807, 2.05) is 39.0 Å². The summed E-state index contributed by atoms with van der Waals surface area (Å²) in [7, 11) is 0. The Morgan fingerprint density at radius 2 is 1.91 bits per heavy atom. The van der Waals surface area contributed by atoms with Crippen LogP contribution in [0.1, 0.15) is 37.6 Å². The maximum Gasteiger partial charge on any atom is 0.410 e. The summed E-state index contributed by atoms with van der Waals surface area (Å²) in [4.78, 5) is 36.2. The molecule has 3 aromatic rings. The van der Waals surface area contributed by atoms with Crippen LogP contribution in [0.5, 0.6) is 0 Å². The Hall–Kier alpha value is -3.65. The minimum Gasteiger partial charge on any atom is -0.444 e. The number of hydrogen-bond donors (Lipinski definition) is 2. The van der Waals surface area contributed by atoms with Gasteiger partial charge in [0.2, 0.25) is 0 Å². The molecule has 3 heterocycles. The molecule has 1 aromatic carbocycles. The number of halogens is 1. The molecule has 35 heavy (non-hydrogen) atoms. The third-order valence-corrected chi connectivity index (χ3v) is 5.81. The van der Waals surface area contributed by atoms with Crippen molar-refractivity contribution < 1.29 is 14.3 Å². The fourth-order valence-corrected chi connectivity index (χ4v) is 3.99. The van der Waals surface area contributed by atoms with Crippen LogP contribution < -0.4 is 11.1 Å². The Morgan fingerprint density at radius 3 is 2.57 bits per heavy atom. The van der Waals surface area contributed by atoms with E-state index in [-0.39, 0.29) is 23.7 Å². The van der Waals surface area contributed by atoms with Crippen molar-refractivity contribution in [3.05, 3.63) is 65.4 Å². The molecular formula is C26H28ClN5O3. The van der Waals surface area contributed by atoms with Crippen LogP contribution in [-0.2, 0) is 4.74 Å². The van der Waals surface area contributed by atoms with Crippen LogP contribution in [0.3, 0.4) is 0 Å². The number of rotatable bonds is 4. The van der Waals surface area contributed by atoms with Gasteiger partial charge in [-0.25, -0.2) is 9.78 Å². The smallest absolute Gasteiger partial charge is 0.410 e. The molecule has 0 saturated carbocycles. The average Bonchev–Trinajstić information content (AvgIpc) is 3.28. The maximum absolute atomic E-state index is 13.4. The molecule has 2 aromatic heterocycles. The third kappa shape index (κ3) is 5.89. The number of nitrogens with zero attached hydrogens (tertiary/aromatic N) is 3. The molecule has 1 aliphatic rings. The summed E-state index contributed by atoms with van der Waals surface area (Å²) in [5.74, 6) is -0.332. The molecule has 8 nitrogen and oxygen atoms in total. The lowest BCUT2D eigenvalue weighted by Gasteiger charge is -2.24. The molecular weight excluding hydrogens is 466 g/mol. The summed E-state index contributed by atoms with van der Waals surface area (Å²) < 4.78 is 5.45. The Morgan fingerprint density at radius 1 is 1.17 bits per heavy atom. The van der Waals surface area contributed by atoms with Crippen LogP contribution in [0, 0.1) is 0 Å². The molecule has 1 atom stereocenters. The quantitative estimate of drug-likeness (QED) is 0.540. The Bertz CT molecular complexity index is 1230. The molecule has 1 unspecified atom stereocenters. The SMILES string of the molecule is CC(C)(C)OC(=O)N1CCC(NC(=O)c2cc(-c3ccc(Cl)cc3)nc(-c3cccnc3)c2N)C1. The summed E-state index contributed by atoms with van der Waals surface area (Å²) in [5.41, 5.74) is 8.99. The largest absolute Gasteiger partial charge is 0.444 e. The number of ether oxygens (including phenoxy) is 1. The number of benzene rings is 1. The molecule has 0 spiro atoms. The van der Waals surface area contributed by atoms with Gasteiger partial charge in [0.25, 0.3) is 5.91 Å². The molecule has 1 fully saturated rings. The minimum absolute atomic E-state index is 0.219. The Kier molecular flexibility index (Phi) is 6.93. The molecule has 2 amide bonds. The fraction of sp³-hybridized carbons (Fsp3) is 0.308. The van der Waals surface area contributed by atoms with Gasteiger partial charge in [0.1, 0.15) is 5.60 Å². The second-order valence-electron chi connectivity index (χ2n) is 9.45. The van der Waals surface area contributed by atoms with Gasteiger partial charge in [-0.3, -0.25) is 9.78 Å². The number of carbonyl (C=O) groups excluding carboxylic acids is 2. The molecule has 0 bridgehead atoms. The van der Waals surface area contributed by atoms with E-state index in [1.54, 1.807) is 41.6 Å². The van der Waals surface area contributed by atoms with Crippen LogP contribution in [-0.4, -0.2) is 51.6 Å². The molecule has 182 valence electrons. The third-order valence-electron chi connectivity index (χ3n) is 5.55. The lowest BCUT2D eigenvalue weighted by molar-refractivity contribution is 0.0290. The summed E-state index contributed by atoms with van der Waals surface area (Å²) >= 11 is 6.05. The van der Waals surface area contributed by atoms with Crippen molar-refractivity contribution in [3.63, 3.8) is 0 Å². The van der Waals surface area contributed by atoms with Gasteiger partial charge < -0.3 is 20.7 Å². The van der Waals surface area contributed by atoms with Gasteiger partial charge in [-0.05, 0) is 57.5 Å². The van der Waals surface area contributed by atoms with Crippen LogP contribution in [0.25, 0.3) is 22.5 Å². The highest BCUT2D eigenvalue weighted by Crippen LogP contribution is 2.31. The first-order valence-corrected chi connectivity index (χ1v) is 11.7. The van der Waals surface area contributed by atoms with E-state index in [2.05, 4.69) is 10.3 Å². The molecule has 1 aliphatic heterocycles. The molecule has 1 saturated heterocycles. The maximum atomic E-state index is 13.4. The number of hydrogen-bond acceptors (Lipinski definition) is 6. The predicted octanol–water partition coefficient (Wildman–Crippen LogP) is 4.79. The predicted molar refractivity (Wildman–Crippen MR) is 136 cm³/mol. The zero-order valence-corrected chi connectivity index (χ0v) is 20.7. The summed E-state index contributed by atoms with van der Waals surface area (Å²) in [6.45, 7) is 6.34. The normalized spacial score (nSPS) is 15.7. The van der Waals surface area contributed by atoms with Crippen LogP contribution >= 0.6 is 11.6 Å². The highest BCUT2D eigenvalue weighted by molar-refractivity contribution is 6.30. The van der Waals surface area contributed by atoms with Gasteiger partial charge in [0, 0.05) is 47.7 Å². The van der Waals surface area contributed by atoms with Crippen LogP contribution in [0.2, 0.25) is 5.02 Å². The molecule has 3 N–H and O–H groups in total. The number of likely N-dealkylation sites (tertiary alicyclic amines) is 1. The van der Waals surface area contributed by atoms with Crippen molar-refractivity contribution in [2.45, 2.75) is 38.8 Å². The summed E-state index contributed by atoms with van der Waals surface area (Å²) in [5, 5.41) is 3.62. The van der Waals surface area contributed by atoms with E-state index in [0.717, 1.165) is 5.56 Å². The highest BCUT2D eigenvalue weighted by Gasteiger charge is 2.31. The summed E-state index contributed by atoms with van der Waals surface area (Å²) in [6, 6.07) is 12.3. The fourth-order valence-electron chi connectivity index (χ4n) is 3.87. The number of aromatic nitrogens is 2. The number of nitrogens with one attached hydrogen (secondary N) is 1. The lowest BCUT2D eigenvalue weighted by Crippen LogP contribution is -2.40. The van der Waals surface area contributed by atoms with E-state index in [4.69, 9.17) is 27.1 Å². The van der Waals surface area contributed by atoms with Gasteiger partial charge in [-0.2, -0.15) is 0 Å². The lowest BCUT2D eigenvalue weighted by atomic mass is 10.0. The first kappa shape index (κ1) is 24.5. The topological polar surface area (TPSA) is 110 Å². The number of nitrogens with two attached hydrogens (primary N) is 1. The van der Waals surface area contributed by atoms with Crippen molar-refractivity contribution in [2.75, 3.05) is 18.8 Å². The first-order valence-electron chi connectivity index (χ1n) is 11.4. The molecule has 9 heteroatoms. The van der Waals surface area contributed by atoms with Gasteiger partial charge >= 0.3 is 6.09 Å². The number of anilines is 1. The van der Waals surface area contributed by atoms with Crippen molar-refractivity contribution in [2.24, 2.45) is 0 Å². The van der Waals surface area contributed by atoms with E-state index in [9.17, 15) is 9.59 Å². The van der Waals surface area contributed by atoms with Gasteiger partial charge in [0.15, 0.2) is 0 Å². The van der Waals surface area contributed by atoms with Crippen molar-refractivity contribution in [1.82, 2.24) is 20.2 Å². The second-order valence-corrected chi connectivity index (χ2v) is 9.89. The van der Waals surface area contributed by atoms with Crippen molar-refractivity contribution >= 4 is 29.3 Å². The van der Waals surface area contributed by atoms with Gasteiger partial charge in [-0.1, -0.05) is 23.7 Å². The van der Waals surface area contributed by atoms with Crippen LogP contribution in [0.15, 0.2) is 54.9 Å². The number of pyridine rings is 2. The van der Waals surface area contributed by atoms with Crippen LogP contribution in [0.4, 0.5) is 10.5 Å².